The minimum absolute atomic E-state index is 0.136. The lowest BCUT2D eigenvalue weighted by atomic mass is 10.2. The monoisotopic (exact) mass is 332 g/mol. The second-order valence-corrected chi connectivity index (χ2v) is 5.69. The summed E-state index contributed by atoms with van der Waals surface area (Å²) in [5.41, 5.74) is 2.31. The number of nitrogens with one attached hydrogen (secondary N) is 1. The third-order valence-electron chi connectivity index (χ3n) is 3.94. The summed E-state index contributed by atoms with van der Waals surface area (Å²) >= 11 is 0. The fourth-order valence-corrected chi connectivity index (χ4v) is 2.64. The number of rotatable bonds is 5. The van der Waals surface area contributed by atoms with E-state index in [0.717, 1.165) is 17.1 Å². The van der Waals surface area contributed by atoms with Gasteiger partial charge in [-0.2, -0.15) is 0 Å². The smallest absolute Gasteiger partial charge is 0.253 e. The van der Waals surface area contributed by atoms with Crippen LogP contribution in [0.15, 0.2) is 71.5 Å². The Morgan fingerprint density at radius 2 is 1.92 bits per heavy atom. The van der Waals surface area contributed by atoms with Crippen LogP contribution in [0, 0.1) is 0 Å². The van der Waals surface area contributed by atoms with E-state index in [1.54, 1.807) is 24.6 Å². The molecule has 0 aliphatic carbocycles. The van der Waals surface area contributed by atoms with Gasteiger partial charge in [0.05, 0.1) is 18.2 Å². The SMILES string of the molecule is O=C(NCc1ccccc1)c1ccc2nnc(Cc3ccco3)n2c1. The number of carbonyl (C=O) groups is 1. The Labute approximate surface area is 144 Å². The van der Waals surface area contributed by atoms with Crippen LogP contribution in [0.4, 0.5) is 0 Å². The summed E-state index contributed by atoms with van der Waals surface area (Å²) in [4.78, 5) is 12.4. The standard InChI is InChI=1S/C19H16N4O2/c24-19(20-12-14-5-2-1-3-6-14)15-8-9-17-21-22-18(23(17)13-15)11-16-7-4-10-25-16/h1-10,13H,11-12H2,(H,20,24). The van der Waals surface area contributed by atoms with Crippen molar-refractivity contribution in [3.8, 4) is 0 Å². The van der Waals surface area contributed by atoms with Crippen molar-refractivity contribution in [1.29, 1.82) is 0 Å². The highest BCUT2D eigenvalue weighted by Gasteiger charge is 2.11. The predicted molar refractivity (Wildman–Crippen MR) is 92.1 cm³/mol. The number of pyridine rings is 1. The van der Waals surface area contributed by atoms with Crippen molar-refractivity contribution in [3.63, 3.8) is 0 Å². The van der Waals surface area contributed by atoms with Crippen LogP contribution in [-0.4, -0.2) is 20.5 Å². The van der Waals surface area contributed by atoms with Crippen molar-refractivity contribution in [2.24, 2.45) is 0 Å². The number of amides is 1. The van der Waals surface area contributed by atoms with E-state index in [2.05, 4.69) is 15.5 Å². The van der Waals surface area contributed by atoms with E-state index < -0.39 is 0 Å². The van der Waals surface area contributed by atoms with Crippen molar-refractivity contribution in [1.82, 2.24) is 19.9 Å². The first-order chi connectivity index (χ1) is 12.3. The lowest BCUT2D eigenvalue weighted by Crippen LogP contribution is -2.23. The topological polar surface area (TPSA) is 72.4 Å². The second kappa shape index (κ2) is 6.60. The van der Waals surface area contributed by atoms with Crippen molar-refractivity contribution in [2.45, 2.75) is 13.0 Å². The number of carbonyl (C=O) groups excluding carboxylic acids is 1. The molecule has 1 amide bonds. The number of hydrogen-bond donors (Lipinski definition) is 1. The molecule has 0 aliphatic heterocycles. The lowest BCUT2D eigenvalue weighted by molar-refractivity contribution is 0.0950. The normalized spacial score (nSPS) is 10.9. The first-order valence-corrected chi connectivity index (χ1v) is 7.98. The van der Waals surface area contributed by atoms with Crippen molar-refractivity contribution in [2.75, 3.05) is 0 Å². The molecule has 25 heavy (non-hydrogen) atoms. The Kier molecular flexibility index (Phi) is 4.00. The van der Waals surface area contributed by atoms with Crippen LogP contribution in [0.1, 0.15) is 27.5 Å². The summed E-state index contributed by atoms with van der Waals surface area (Å²) < 4.78 is 7.18. The van der Waals surface area contributed by atoms with Gasteiger partial charge >= 0.3 is 0 Å². The molecule has 4 aromatic rings. The van der Waals surface area contributed by atoms with Gasteiger partial charge in [0.25, 0.3) is 5.91 Å². The molecule has 124 valence electrons. The maximum absolute atomic E-state index is 12.4. The highest BCUT2D eigenvalue weighted by atomic mass is 16.3. The summed E-state index contributed by atoms with van der Waals surface area (Å²) in [7, 11) is 0. The summed E-state index contributed by atoms with van der Waals surface area (Å²) in [5, 5.41) is 11.2. The zero-order chi connectivity index (χ0) is 17.1. The molecule has 0 saturated heterocycles. The molecule has 0 atom stereocenters. The highest BCUT2D eigenvalue weighted by Crippen LogP contribution is 2.12. The molecule has 3 aromatic heterocycles. The van der Waals surface area contributed by atoms with Crippen LogP contribution >= 0.6 is 0 Å². The Morgan fingerprint density at radius 1 is 1.04 bits per heavy atom. The third kappa shape index (κ3) is 3.28. The van der Waals surface area contributed by atoms with Gasteiger partial charge in [-0.05, 0) is 29.8 Å². The second-order valence-electron chi connectivity index (χ2n) is 5.69. The van der Waals surface area contributed by atoms with E-state index in [9.17, 15) is 4.79 Å². The maximum Gasteiger partial charge on any atom is 0.253 e. The highest BCUT2D eigenvalue weighted by molar-refractivity contribution is 5.94. The van der Waals surface area contributed by atoms with E-state index in [1.165, 1.54) is 0 Å². The molecule has 1 aromatic carbocycles. The molecule has 0 radical (unpaired) electrons. The minimum atomic E-state index is -0.136. The van der Waals surface area contributed by atoms with Crippen LogP contribution in [0.3, 0.4) is 0 Å². The Morgan fingerprint density at radius 3 is 2.72 bits per heavy atom. The average molecular weight is 332 g/mol. The van der Waals surface area contributed by atoms with Crippen LogP contribution in [0.25, 0.3) is 5.65 Å². The van der Waals surface area contributed by atoms with Gasteiger partial charge in [0, 0.05) is 12.7 Å². The van der Waals surface area contributed by atoms with Gasteiger partial charge in [0.2, 0.25) is 0 Å². The summed E-state index contributed by atoms with van der Waals surface area (Å²) in [5.74, 6) is 1.39. The lowest BCUT2D eigenvalue weighted by Gasteiger charge is -2.06. The zero-order valence-electron chi connectivity index (χ0n) is 13.4. The molecule has 6 nitrogen and oxygen atoms in total. The molecule has 0 saturated carbocycles. The molecule has 1 N–H and O–H groups in total. The molecule has 0 fully saturated rings. The number of aromatic nitrogens is 3. The van der Waals surface area contributed by atoms with Crippen LogP contribution in [0.5, 0.6) is 0 Å². The van der Waals surface area contributed by atoms with Crippen LogP contribution < -0.4 is 5.32 Å². The Bertz CT molecular complexity index is 991. The molecule has 3 heterocycles. The summed E-state index contributed by atoms with van der Waals surface area (Å²) in [6.45, 7) is 0.485. The van der Waals surface area contributed by atoms with E-state index in [1.807, 2.05) is 46.9 Å². The first-order valence-electron chi connectivity index (χ1n) is 7.98. The maximum atomic E-state index is 12.4. The van der Waals surface area contributed by atoms with Crippen molar-refractivity contribution in [3.05, 3.63) is 89.8 Å². The summed E-state index contributed by atoms with van der Waals surface area (Å²) in [6, 6.07) is 17.1. The van der Waals surface area contributed by atoms with Gasteiger partial charge in [0.15, 0.2) is 5.65 Å². The molecular weight excluding hydrogens is 316 g/mol. The molecule has 0 aliphatic rings. The number of benzene rings is 1. The van der Waals surface area contributed by atoms with Crippen LogP contribution in [-0.2, 0) is 13.0 Å². The molecule has 0 unspecified atom stereocenters. The molecule has 0 spiro atoms. The molecular formula is C19H16N4O2. The quantitative estimate of drug-likeness (QED) is 0.610. The molecule has 0 bridgehead atoms. The fourth-order valence-electron chi connectivity index (χ4n) is 2.64. The van der Waals surface area contributed by atoms with Crippen LogP contribution in [0.2, 0.25) is 0 Å². The van der Waals surface area contributed by atoms with Gasteiger partial charge < -0.3 is 9.73 Å². The van der Waals surface area contributed by atoms with Gasteiger partial charge in [-0.1, -0.05) is 30.3 Å². The van der Waals surface area contributed by atoms with E-state index in [-0.39, 0.29) is 5.91 Å². The predicted octanol–water partition coefficient (Wildman–Crippen LogP) is 2.84. The van der Waals surface area contributed by atoms with Gasteiger partial charge in [-0.3, -0.25) is 9.20 Å². The molecule has 4 rings (SSSR count). The van der Waals surface area contributed by atoms with E-state index >= 15 is 0 Å². The van der Waals surface area contributed by atoms with Gasteiger partial charge in [-0.15, -0.1) is 10.2 Å². The average Bonchev–Trinajstić information content (AvgIpc) is 3.31. The number of nitrogens with zero attached hydrogens (tertiary/aromatic N) is 3. The number of hydrogen-bond acceptors (Lipinski definition) is 4. The Hall–Kier alpha value is -3.41. The number of furan rings is 1. The number of fused-ring (bicyclic) bond motifs is 1. The largest absolute Gasteiger partial charge is 0.469 e. The Balaban J connectivity index is 1.54. The first kappa shape index (κ1) is 15.1. The molecule has 6 heteroatoms. The zero-order valence-corrected chi connectivity index (χ0v) is 13.4. The van der Waals surface area contributed by atoms with Gasteiger partial charge in [0.1, 0.15) is 11.6 Å². The van der Waals surface area contributed by atoms with Crippen molar-refractivity contribution < 1.29 is 9.21 Å². The van der Waals surface area contributed by atoms with Crippen molar-refractivity contribution >= 4 is 11.6 Å². The third-order valence-corrected chi connectivity index (χ3v) is 3.94. The van der Waals surface area contributed by atoms with E-state index in [0.29, 0.717) is 24.2 Å². The van der Waals surface area contributed by atoms with E-state index in [4.69, 9.17) is 4.42 Å². The van der Waals surface area contributed by atoms with Gasteiger partial charge in [-0.25, -0.2) is 0 Å². The minimum Gasteiger partial charge on any atom is -0.469 e. The fraction of sp³-hybridized carbons (Fsp3) is 0.105. The summed E-state index contributed by atoms with van der Waals surface area (Å²) in [6.07, 6.45) is 3.90.